The van der Waals surface area contributed by atoms with Crippen molar-refractivity contribution in [3.05, 3.63) is 107 Å². The summed E-state index contributed by atoms with van der Waals surface area (Å²) in [7, 11) is -3.82. The highest BCUT2D eigenvalue weighted by Crippen LogP contribution is 2.49. The standard InChI is InChI=1S/C44H45N5O11S/c1-26-8-11-30(12-9-26)61(56,57)48-17-16-31-35(24-50)46-34-13-10-28(23-33(34)41(31)48)27-4-2-5-29(22-27)45-39(52)25-59-19-18-58-20-21-60-37-7-3-6-32-40(37)44(55)49(43(32)54)36-14-15-38(51)47-42(36)53/h2-13,22-23,31,35-36,41,46,50H,14-21,24-25H2,1H3,(H,45,52)(H,47,51,53)/t31-,35+,36?,41-/m1/s1. The summed E-state index contributed by atoms with van der Waals surface area (Å²) >= 11 is 0. The molecule has 0 aromatic heterocycles. The molecule has 4 N–H and O–H groups in total. The van der Waals surface area contributed by atoms with Crippen molar-refractivity contribution >= 4 is 50.9 Å². The van der Waals surface area contributed by atoms with E-state index in [1.807, 2.05) is 43.3 Å². The summed E-state index contributed by atoms with van der Waals surface area (Å²) < 4.78 is 46.4. The molecule has 0 spiro atoms. The fourth-order valence-electron chi connectivity index (χ4n) is 8.49. The number of aliphatic hydroxyl groups excluding tert-OH is 1. The summed E-state index contributed by atoms with van der Waals surface area (Å²) in [6, 6.07) is 22.7. The van der Waals surface area contributed by atoms with Crippen molar-refractivity contribution in [3.8, 4) is 16.9 Å². The van der Waals surface area contributed by atoms with Crippen LogP contribution in [0, 0.1) is 12.8 Å². The normalized spacial score (nSPS) is 21.0. The highest BCUT2D eigenvalue weighted by molar-refractivity contribution is 7.89. The Bertz CT molecular complexity index is 2500. The number of nitrogens with zero attached hydrogens (tertiary/aromatic N) is 2. The lowest BCUT2D eigenvalue weighted by atomic mass is 9.82. The van der Waals surface area contributed by atoms with Crippen LogP contribution in [0.1, 0.15) is 57.1 Å². The average molecular weight is 852 g/mol. The Morgan fingerprint density at radius 1 is 0.869 bits per heavy atom. The zero-order valence-corrected chi connectivity index (χ0v) is 34.1. The van der Waals surface area contributed by atoms with Crippen molar-refractivity contribution in [3.63, 3.8) is 0 Å². The largest absolute Gasteiger partial charge is 0.490 e. The summed E-state index contributed by atoms with van der Waals surface area (Å²) in [5, 5.41) is 18.7. The molecule has 2 fully saturated rings. The van der Waals surface area contributed by atoms with Crippen molar-refractivity contribution in [2.24, 2.45) is 5.92 Å². The fourth-order valence-corrected chi connectivity index (χ4v) is 10.2. The maximum Gasteiger partial charge on any atom is 0.266 e. The van der Waals surface area contributed by atoms with Crippen molar-refractivity contribution < 1.29 is 51.7 Å². The highest BCUT2D eigenvalue weighted by atomic mass is 32.2. The number of imide groups is 2. The molecule has 1 unspecified atom stereocenters. The van der Waals surface area contributed by atoms with Gasteiger partial charge in [-0.2, -0.15) is 4.31 Å². The zero-order chi connectivity index (χ0) is 42.8. The number of hydrogen-bond acceptors (Lipinski definition) is 12. The van der Waals surface area contributed by atoms with Crippen LogP contribution in [-0.2, 0) is 33.9 Å². The molecule has 4 aliphatic rings. The topological polar surface area (TPSA) is 210 Å². The first-order chi connectivity index (χ1) is 29.4. The van der Waals surface area contributed by atoms with Crippen LogP contribution in [0.15, 0.2) is 89.8 Å². The number of fused-ring (bicyclic) bond motifs is 4. The summed E-state index contributed by atoms with van der Waals surface area (Å²) in [5.74, 6) is -2.77. The smallest absolute Gasteiger partial charge is 0.266 e. The van der Waals surface area contributed by atoms with Crippen LogP contribution in [0.4, 0.5) is 11.4 Å². The van der Waals surface area contributed by atoms with Crippen LogP contribution in [0.2, 0.25) is 0 Å². The molecule has 4 atom stereocenters. The van der Waals surface area contributed by atoms with Gasteiger partial charge in [-0.1, -0.05) is 42.0 Å². The van der Waals surface area contributed by atoms with E-state index in [-0.39, 0.29) is 92.1 Å². The number of piperidine rings is 1. The van der Waals surface area contributed by atoms with Gasteiger partial charge < -0.3 is 30.0 Å². The Kier molecular flexibility index (Phi) is 12.0. The van der Waals surface area contributed by atoms with E-state index < -0.39 is 45.7 Å². The van der Waals surface area contributed by atoms with Crippen LogP contribution in [0.3, 0.4) is 0 Å². The van der Waals surface area contributed by atoms with E-state index >= 15 is 0 Å². The van der Waals surface area contributed by atoms with Crippen molar-refractivity contribution in [2.45, 2.75) is 49.2 Å². The minimum Gasteiger partial charge on any atom is -0.490 e. The lowest BCUT2D eigenvalue weighted by molar-refractivity contribution is -0.136. The molecule has 61 heavy (non-hydrogen) atoms. The number of hydrogen-bond donors (Lipinski definition) is 4. The third kappa shape index (κ3) is 8.39. The molecule has 17 heteroatoms. The van der Waals surface area contributed by atoms with Crippen LogP contribution in [0.5, 0.6) is 5.75 Å². The van der Waals surface area contributed by atoms with E-state index in [9.17, 15) is 37.5 Å². The summed E-state index contributed by atoms with van der Waals surface area (Å²) in [6.07, 6.45) is 0.667. The number of benzene rings is 4. The predicted molar refractivity (Wildman–Crippen MR) is 221 cm³/mol. The lowest BCUT2D eigenvalue weighted by Gasteiger charge is -2.39. The van der Waals surface area contributed by atoms with Crippen LogP contribution in [-0.4, -0.2) is 111 Å². The highest BCUT2D eigenvalue weighted by Gasteiger charge is 2.49. The van der Waals surface area contributed by atoms with Gasteiger partial charge in [0.1, 0.15) is 25.0 Å². The number of amides is 5. The van der Waals surface area contributed by atoms with Gasteiger partial charge in [0.05, 0.1) is 54.5 Å². The van der Waals surface area contributed by atoms with Crippen LogP contribution >= 0.6 is 0 Å². The first kappa shape index (κ1) is 41.7. The average Bonchev–Trinajstić information content (AvgIpc) is 3.82. The third-order valence-electron chi connectivity index (χ3n) is 11.5. The SMILES string of the molecule is Cc1ccc(S(=O)(=O)N2CC[C@@H]3[C@H](CO)Nc4ccc(-c5cccc(NC(=O)COCCOCCOc6cccc7c6C(=O)N(C6CCC(=O)NC6=O)C7=O)c5)cc4[C@@H]32)cc1. The molecular formula is C44H45N5O11S. The summed E-state index contributed by atoms with van der Waals surface area (Å²) in [6.45, 7) is 2.30. The first-order valence-electron chi connectivity index (χ1n) is 20.1. The molecular weight excluding hydrogens is 807 g/mol. The van der Waals surface area contributed by atoms with Gasteiger partial charge in [-0.05, 0) is 85.0 Å². The molecule has 2 saturated heterocycles. The maximum atomic E-state index is 14.0. The van der Waals surface area contributed by atoms with E-state index in [4.69, 9.17) is 14.2 Å². The molecule has 4 aromatic carbocycles. The number of carbonyl (C=O) groups is 5. The molecule has 318 valence electrons. The predicted octanol–water partition coefficient (Wildman–Crippen LogP) is 3.65. The molecule has 0 saturated carbocycles. The van der Waals surface area contributed by atoms with Gasteiger partial charge in [-0.25, -0.2) is 8.42 Å². The first-order valence-corrected chi connectivity index (χ1v) is 21.5. The van der Waals surface area contributed by atoms with Crippen LogP contribution in [0.25, 0.3) is 11.1 Å². The number of aryl methyl sites for hydroxylation is 1. The maximum absolute atomic E-state index is 14.0. The molecule has 16 nitrogen and oxygen atoms in total. The minimum absolute atomic E-state index is 0.0194. The van der Waals surface area contributed by atoms with Crippen molar-refractivity contribution in [2.75, 3.05) is 56.8 Å². The Morgan fingerprint density at radius 2 is 1.62 bits per heavy atom. The second-order valence-electron chi connectivity index (χ2n) is 15.3. The Balaban J connectivity index is 0.820. The second-order valence-corrected chi connectivity index (χ2v) is 17.2. The summed E-state index contributed by atoms with van der Waals surface area (Å²) in [4.78, 5) is 64.2. The van der Waals surface area contributed by atoms with Gasteiger partial charge in [0.25, 0.3) is 11.8 Å². The molecule has 0 aliphatic carbocycles. The van der Waals surface area contributed by atoms with Gasteiger partial charge in [-0.15, -0.1) is 0 Å². The molecule has 8 rings (SSSR count). The van der Waals surface area contributed by atoms with Gasteiger partial charge >= 0.3 is 0 Å². The summed E-state index contributed by atoms with van der Waals surface area (Å²) in [5.41, 5.74) is 4.91. The number of nitrogens with one attached hydrogen (secondary N) is 3. The molecule has 5 amide bonds. The lowest BCUT2D eigenvalue weighted by Crippen LogP contribution is -2.54. The van der Waals surface area contributed by atoms with E-state index in [0.29, 0.717) is 18.7 Å². The Morgan fingerprint density at radius 3 is 2.41 bits per heavy atom. The quantitative estimate of drug-likeness (QED) is 0.0999. The van der Waals surface area contributed by atoms with E-state index in [1.165, 1.54) is 6.07 Å². The zero-order valence-electron chi connectivity index (χ0n) is 33.3. The molecule has 4 aromatic rings. The van der Waals surface area contributed by atoms with E-state index in [2.05, 4.69) is 16.0 Å². The van der Waals surface area contributed by atoms with Gasteiger partial charge in [0.2, 0.25) is 27.7 Å². The number of anilines is 2. The number of sulfonamides is 1. The number of ether oxygens (including phenoxy) is 3. The fraction of sp³-hybridized carbons (Fsp3) is 0.341. The Labute approximate surface area is 352 Å². The molecule has 4 heterocycles. The van der Waals surface area contributed by atoms with E-state index in [0.717, 1.165) is 32.8 Å². The van der Waals surface area contributed by atoms with Gasteiger partial charge in [-0.3, -0.25) is 34.2 Å². The molecule has 0 radical (unpaired) electrons. The minimum atomic E-state index is -3.82. The second kappa shape index (κ2) is 17.6. The monoisotopic (exact) mass is 851 g/mol. The number of aliphatic hydroxyl groups is 1. The number of carbonyl (C=O) groups excluding carboxylic acids is 5. The third-order valence-corrected chi connectivity index (χ3v) is 13.3. The molecule has 4 aliphatic heterocycles. The number of rotatable bonds is 15. The van der Waals surface area contributed by atoms with Crippen LogP contribution < -0.4 is 20.7 Å². The van der Waals surface area contributed by atoms with E-state index in [1.54, 1.807) is 46.8 Å². The Hall–Kier alpha value is -5.98. The molecule has 0 bridgehead atoms. The van der Waals surface area contributed by atoms with Crippen molar-refractivity contribution in [1.29, 1.82) is 0 Å². The van der Waals surface area contributed by atoms with Crippen molar-refractivity contribution in [1.82, 2.24) is 14.5 Å². The van der Waals surface area contributed by atoms with Gasteiger partial charge in [0.15, 0.2) is 0 Å². The van der Waals surface area contributed by atoms with Gasteiger partial charge in [0, 0.05) is 30.3 Å².